The third-order valence-corrected chi connectivity index (χ3v) is 4.39. The first-order valence-corrected chi connectivity index (χ1v) is 8.55. The minimum Gasteiger partial charge on any atom is -0.493 e. The first-order chi connectivity index (χ1) is 12.5. The van der Waals surface area contributed by atoms with E-state index in [0.29, 0.717) is 18.9 Å². The third-order valence-electron chi connectivity index (χ3n) is 4.39. The fraction of sp³-hybridized carbons (Fsp3) is 0.368. The molecule has 0 spiro atoms. The Kier molecular flexibility index (Phi) is 5.58. The van der Waals surface area contributed by atoms with Crippen molar-refractivity contribution < 1.29 is 18.7 Å². The van der Waals surface area contributed by atoms with Gasteiger partial charge in [0.25, 0.3) is 0 Å². The van der Waals surface area contributed by atoms with Gasteiger partial charge in [-0.1, -0.05) is 12.1 Å². The zero-order valence-electron chi connectivity index (χ0n) is 15.0. The van der Waals surface area contributed by atoms with E-state index in [1.807, 2.05) is 31.1 Å². The minimum absolute atomic E-state index is 0.0391. The van der Waals surface area contributed by atoms with Crippen LogP contribution in [0.2, 0.25) is 0 Å². The van der Waals surface area contributed by atoms with Crippen molar-refractivity contribution in [3.8, 4) is 5.75 Å². The average molecular weight is 357 g/mol. The summed E-state index contributed by atoms with van der Waals surface area (Å²) in [4.78, 5) is 26.0. The molecule has 1 aliphatic rings. The van der Waals surface area contributed by atoms with Gasteiger partial charge >= 0.3 is 11.8 Å². The van der Waals surface area contributed by atoms with E-state index in [9.17, 15) is 9.59 Å². The molecule has 7 heteroatoms. The fourth-order valence-electron chi connectivity index (χ4n) is 2.94. The van der Waals surface area contributed by atoms with Gasteiger partial charge in [0.1, 0.15) is 11.5 Å². The number of ether oxygens (including phenoxy) is 1. The van der Waals surface area contributed by atoms with Gasteiger partial charge in [0.2, 0.25) is 0 Å². The lowest BCUT2D eigenvalue weighted by molar-refractivity contribution is -0.139. The first kappa shape index (κ1) is 18.0. The smallest absolute Gasteiger partial charge is 0.309 e. The third kappa shape index (κ3) is 4.23. The Morgan fingerprint density at radius 2 is 2.00 bits per heavy atom. The van der Waals surface area contributed by atoms with Crippen LogP contribution in [0.25, 0.3) is 0 Å². The number of nitrogens with one attached hydrogen (secondary N) is 2. The second kappa shape index (κ2) is 8.05. The lowest BCUT2D eigenvalue weighted by Crippen LogP contribution is -2.42. The monoisotopic (exact) mass is 357 g/mol. The maximum atomic E-state index is 12.1. The van der Waals surface area contributed by atoms with Gasteiger partial charge in [0, 0.05) is 13.0 Å². The number of fused-ring (bicyclic) bond motifs is 1. The Morgan fingerprint density at radius 3 is 2.73 bits per heavy atom. The van der Waals surface area contributed by atoms with Gasteiger partial charge in [-0.15, -0.1) is 0 Å². The molecule has 138 valence electrons. The molecule has 2 N–H and O–H groups in total. The molecule has 7 nitrogen and oxygen atoms in total. The van der Waals surface area contributed by atoms with E-state index in [1.54, 1.807) is 12.1 Å². The van der Waals surface area contributed by atoms with E-state index in [2.05, 4.69) is 16.7 Å². The quantitative estimate of drug-likeness (QED) is 0.760. The van der Waals surface area contributed by atoms with E-state index in [4.69, 9.17) is 9.15 Å². The topological polar surface area (TPSA) is 83.8 Å². The maximum Gasteiger partial charge on any atom is 0.309 e. The molecule has 2 amide bonds. The summed E-state index contributed by atoms with van der Waals surface area (Å²) in [6.07, 6.45) is 2.41. The van der Waals surface area contributed by atoms with E-state index >= 15 is 0 Å². The number of likely N-dealkylation sites (N-methyl/N-ethyl adjacent to an activating group) is 1. The van der Waals surface area contributed by atoms with Crippen molar-refractivity contribution in [3.63, 3.8) is 0 Å². The highest BCUT2D eigenvalue weighted by atomic mass is 16.5. The second-order valence-corrected chi connectivity index (χ2v) is 6.42. The zero-order chi connectivity index (χ0) is 18.5. The predicted molar refractivity (Wildman–Crippen MR) is 95.6 cm³/mol. The van der Waals surface area contributed by atoms with Crippen molar-refractivity contribution >= 4 is 11.8 Å². The minimum atomic E-state index is -0.679. The number of benzene rings is 1. The first-order valence-electron chi connectivity index (χ1n) is 8.55. The van der Waals surface area contributed by atoms with Crippen LogP contribution in [-0.2, 0) is 22.6 Å². The lowest BCUT2D eigenvalue weighted by atomic mass is 10.0. The summed E-state index contributed by atoms with van der Waals surface area (Å²) in [5.41, 5.74) is 2.26. The van der Waals surface area contributed by atoms with Gasteiger partial charge < -0.3 is 24.7 Å². The number of carbonyl (C=O) groups excluding carboxylic acids is 2. The molecule has 3 rings (SSSR count). The van der Waals surface area contributed by atoms with E-state index in [0.717, 1.165) is 17.7 Å². The van der Waals surface area contributed by atoms with Crippen molar-refractivity contribution in [1.82, 2.24) is 15.5 Å². The predicted octanol–water partition coefficient (Wildman–Crippen LogP) is 1.25. The van der Waals surface area contributed by atoms with Crippen LogP contribution in [0.4, 0.5) is 0 Å². The maximum absolute atomic E-state index is 12.1. The average Bonchev–Trinajstić information content (AvgIpc) is 3.30. The molecule has 0 fully saturated rings. The van der Waals surface area contributed by atoms with Crippen molar-refractivity contribution in [2.24, 2.45) is 0 Å². The summed E-state index contributed by atoms with van der Waals surface area (Å²) in [5, 5.41) is 5.24. The molecule has 0 bridgehead atoms. The molecule has 1 aromatic heterocycles. The van der Waals surface area contributed by atoms with Gasteiger partial charge in [-0.25, -0.2) is 0 Å². The van der Waals surface area contributed by atoms with Gasteiger partial charge in [-0.2, -0.15) is 0 Å². The summed E-state index contributed by atoms with van der Waals surface area (Å²) >= 11 is 0. The Bertz CT molecular complexity index is 771. The van der Waals surface area contributed by atoms with Crippen molar-refractivity contribution in [1.29, 1.82) is 0 Å². The Balaban J connectivity index is 1.56. The summed E-state index contributed by atoms with van der Waals surface area (Å²) in [6, 6.07) is 9.49. The normalized spacial score (nSPS) is 13.8. The van der Waals surface area contributed by atoms with Crippen LogP contribution >= 0.6 is 0 Å². The molecular formula is C19H23N3O4. The summed E-state index contributed by atoms with van der Waals surface area (Å²) in [5.74, 6) is 0.180. The molecule has 0 saturated heterocycles. The van der Waals surface area contributed by atoms with Crippen molar-refractivity contribution in [2.45, 2.75) is 19.0 Å². The van der Waals surface area contributed by atoms with Gasteiger partial charge in [-0.3, -0.25) is 9.59 Å². The summed E-state index contributed by atoms with van der Waals surface area (Å²) in [7, 11) is 3.88. The largest absolute Gasteiger partial charge is 0.493 e. The zero-order valence-corrected chi connectivity index (χ0v) is 15.0. The number of nitrogens with zero attached hydrogens (tertiary/aromatic N) is 1. The fourth-order valence-corrected chi connectivity index (χ4v) is 2.94. The van der Waals surface area contributed by atoms with Gasteiger partial charge in [0.15, 0.2) is 0 Å². The van der Waals surface area contributed by atoms with Crippen molar-refractivity contribution in [2.75, 3.05) is 27.2 Å². The molecule has 1 aromatic carbocycles. The van der Waals surface area contributed by atoms with Crippen molar-refractivity contribution in [3.05, 3.63) is 53.5 Å². The number of rotatable bonds is 6. The molecule has 0 aliphatic carbocycles. The number of furan rings is 1. The molecular weight excluding hydrogens is 334 g/mol. The number of amides is 2. The van der Waals surface area contributed by atoms with Crippen LogP contribution in [-0.4, -0.2) is 44.0 Å². The Morgan fingerprint density at radius 1 is 1.19 bits per heavy atom. The highest BCUT2D eigenvalue weighted by Gasteiger charge is 2.21. The molecule has 1 atom stereocenters. The number of carbonyl (C=O) groups is 2. The Labute approximate surface area is 152 Å². The number of hydrogen-bond donors (Lipinski definition) is 2. The molecule has 26 heavy (non-hydrogen) atoms. The molecule has 2 aromatic rings. The van der Waals surface area contributed by atoms with Gasteiger partial charge in [-0.05, 0) is 43.4 Å². The highest BCUT2D eigenvalue weighted by molar-refractivity contribution is 6.35. The van der Waals surface area contributed by atoms with Crippen LogP contribution in [0, 0.1) is 0 Å². The van der Waals surface area contributed by atoms with Crippen LogP contribution in [0.3, 0.4) is 0 Å². The van der Waals surface area contributed by atoms with Crippen LogP contribution in [0.5, 0.6) is 5.75 Å². The summed E-state index contributed by atoms with van der Waals surface area (Å²) in [6.45, 7) is 1.22. The molecule has 1 aliphatic heterocycles. The lowest BCUT2D eigenvalue weighted by Gasteiger charge is -2.25. The van der Waals surface area contributed by atoms with E-state index in [1.165, 1.54) is 11.8 Å². The molecule has 2 heterocycles. The SMILES string of the molecule is CN(C)C(CNC(=O)C(=O)NCc1ccco1)c1ccc2c(c1)CCO2. The van der Waals surface area contributed by atoms with Crippen LogP contribution < -0.4 is 15.4 Å². The molecule has 0 saturated carbocycles. The van der Waals surface area contributed by atoms with E-state index < -0.39 is 11.8 Å². The van der Waals surface area contributed by atoms with E-state index in [-0.39, 0.29) is 12.6 Å². The Hall–Kier alpha value is -2.80. The van der Waals surface area contributed by atoms with Crippen LogP contribution in [0.1, 0.15) is 22.9 Å². The van der Waals surface area contributed by atoms with Crippen LogP contribution in [0.15, 0.2) is 41.0 Å². The highest BCUT2D eigenvalue weighted by Crippen LogP contribution is 2.29. The summed E-state index contributed by atoms with van der Waals surface area (Å²) < 4.78 is 10.7. The molecule has 0 radical (unpaired) electrons. The van der Waals surface area contributed by atoms with Gasteiger partial charge in [0.05, 0.1) is 25.5 Å². The standard InChI is InChI=1S/C19H23N3O4/c1-22(2)16(13-5-6-17-14(10-13)7-9-26-17)12-21-19(24)18(23)20-11-15-4-3-8-25-15/h3-6,8,10,16H,7,9,11-12H2,1-2H3,(H,20,23)(H,21,24). The number of hydrogen-bond acceptors (Lipinski definition) is 5. The molecule has 1 unspecified atom stereocenters. The second-order valence-electron chi connectivity index (χ2n) is 6.42.